The lowest BCUT2D eigenvalue weighted by atomic mass is 9.97. The van der Waals surface area contributed by atoms with Gasteiger partial charge in [0.15, 0.2) is 11.4 Å². The smallest absolute Gasteiger partial charge is 0.276 e. The zero-order valence-corrected chi connectivity index (χ0v) is 22.0. The van der Waals surface area contributed by atoms with Crippen molar-refractivity contribution in [3.8, 4) is 5.75 Å². The number of amides is 1. The van der Waals surface area contributed by atoms with E-state index in [0.717, 1.165) is 41.9 Å². The maximum absolute atomic E-state index is 13.5. The highest BCUT2D eigenvalue weighted by atomic mass is 127. The molecule has 0 aliphatic carbocycles. The van der Waals surface area contributed by atoms with Gasteiger partial charge in [-0.3, -0.25) is 9.20 Å². The maximum Gasteiger partial charge on any atom is 0.276 e. The Balaban J connectivity index is 0.00000141. The molecule has 0 radical (unpaired) electrons. The number of carbonyl (C=O) groups excluding carboxylic acids is 1. The number of aryl methyl sites for hydroxylation is 2. The zero-order chi connectivity index (χ0) is 23.3. The Morgan fingerprint density at radius 3 is 2.72 bits per heavy atom. The number of alkyl halides is 1. The van der Waals surface area contributed by atoms with Crippen molar-refractivity contribution in [2.24, 2.45) is 0 Å². The van der Waals surface area contributed by atoms with Crippen LogP contribution in [0.3, 0.4) is 0 Å². The molecule has 3 aromatic heterocycles. The fourth-order valence-corrected chi connectivity index (χ4v) is 4.42. The van der Waals surface area contributed by atoms with Crippen molar-refractivity contribution in [2.75, 3.05) is 18.1 Å². The first kappa shape index (κ1) is 24.8. The third kappa shape index (κ3) is 5.20. The van der Waals surface area contributed by atoms with E-state index in [4.69, 9.17) is 21.3 Å². The van der Waals surface area contributed by atoms with E-state index >= 15 is 0 Å². The summed E-state index contributed by atoms with van der Waals surface area (Å²) >= 11 is 8.79. The molecule has 1 amide bonds. The topological polar surface area (TPSA) is 59.7 Å². The Kier molecular flexibility index (Phi) is 8.76. The van der Waals surface area contributed by atoms with Crippen LogP contribution >= 0.6 is 34.2 Å². The lowest BCUT2D eigenvalue weighted by molar-refractivity contribution is 0.0601. The summed E-state index contributed by atoms with van der Waals surface area (Å²) in [6.07, 6.45) is 5.54. The number of piperidine rings is 1. The molecule has 0 bridgehead atoms. The van der Waals surface area contributed by atoms with Crippen LogP contribution in [0.25, 0.3) is 5.65 Å². The molecule has 0 saturated carbocycles. The number of rotatable bonds is 5. The molecule has 1 aliphatic heterocycles. The first-order chi connectivity index (χ1) is 15.5. The van der Waals surface area contributed by atoms with Gasteiger partial charge in [-0.05, 0) is 68.7 Å². The number of imidazole rings is 1. The molecular formula is C24H30ClIN4O2. The van der Waals surface area contributed by atoms with E-state index < -0.39 is 0 Å². The molecule has 0 unspecified atom stereocenters. The number of carbonyl (C=O) groups is 1. The minimum Gasteiger partial charge on any atom is -0.491 e. The van der Waals surface area contributed by atoms with Crippen molar-refractivity contribution in [3.63, 3.8) is 0 Å². The van der Waals surface area contributed by atoms with Gasteiger partial charge in [0.05, 0.1) is 12.3 Å². The number of hydrogen-bond donors (Lipinski definition) is 0. The normalized spacial score (nSPS) is 15.9. The van der Waals surface area contributed by atoms with Gasteiger partial charge in [0.25, 0.3) is 5.91 Å². The maximum atomic E-state index is 13.5. The number of ether oxygens (including phenoxy) is 1. The standard InChI is InChI=1S/C23H27ClN4O2.CH3I/c1-4-30-19-11-10-16(3)25-20(19)23(29)27-12-6-5-9-17(27)14-18-21(24)28-13-7-8-15(2)22(28)26-18;1-2/h7-8,10-11,13,17H,4-6,9,12,14H2,1-3H3;1H3/t17-;/m0./s1. The zero-order valence-electron chi connectivity index (χ0n) is 19.1. The van der Waals surface area contributed by atoms with Crippen LogP contribution in [0.2, 0.25) is 5.15 Å². The fourth-order valence-electron chi connectivity index (χ4n) is 4.16. The van der Waals surface area contributed by atoms with Crippen molar-refractivity contribution < 1.29 is 9.53 Å². The summed E-state index contributed by atoms with van der Waals surface area (Å²) in [5.41, 5.74) is 3.96. The van der Waals surface area contributed by atoms with Gasteiger partial charge in [-0.2, -0.15) is 0 Å². The van der Waals surface area contributed by atoms with Crippen LogP contribution in [-0.4, -0.2) is 49.3 Å². The first-order valence-corrected chi connectivity index (χ1v) is 13.4. The molecular weight excluding hydrogens is 539 g/mol. The average Bonchev–Trinajstić information content (AvgIpc) is 3.13. The molecule has 3 aromatic rings. The first-order valence-electron chi connectivity index (χ1n) is 10.9. The lowest BCUT2D eigenvalue weighted by Crippen LogP contribution is -2.45. The third-order valence-corrected chi connectivity index (χ3v) is 6.07. The van der Waals surface area contributed by atoms with Gasteiger partial charge in [0.2, 0.25) is 0 Å². The van der Waals surface area contributed by atoms with Gasteiger partial charge < -0.3 is 9.64 Å². The number of aromatic nitrogens is 3. The van der Waals surface area contributed by atoms with Crippen LogP contribution in [-0.2, 0) is 6.42 Å². The average molecular weight is 569 g/mol. The predicted molar refractivity (Wildman–Crippen MR) is 137 cm³/mol. The van der Waals surface area contributed by atoms with Crippen LogP contribution < -0.4 is 4.74 Å². The molecule has 6 nitrogen and oxygen atoms in total. The summed E-state index contributed by atoms with van der Waals surface area (Å²) < 4.78 is 7.60. The van der Waals surface area contributed by atoms with Crippen LogP contribution in [0.5, 0.6) is 5.75 Å². The van der Waals surface area contributed by atoms with E-state index in [2.05, 4.69) is 27.6 Å². The van der Waals surface area contributed by atoms with Gasteiger partial charge in [-0.25, -0.2) is 9.97 Å². The molecule has 32 heavy (non-hydrogen) atoms. The largest absolute Gasteiger partial charge is 0.491 e. The molecule has 8 heteroatoms. The van der Waals surface area contributed by atoms with Crippen LogP contribution in [0.1, 0.15) is 53.6 Å². The number of likely N-dealkylation sites (tertiary alicyclic amines) is 1. The second-order valence-electron chi connectivity index (χ2n) is 7.82. The summed E-state index contributed by atoms with van der Waals surface area (Å²) in [5, 5.41) is 0.621. The van der Waals surface area contributed by atoms with Gasteiger partial charge in [-0.15, -0.1) is 0 Å². The third-order valence-electron chi connectivity index (χ3n) is 5.67. The highest BCUT2D eigenvalue weighted by Crippen LogP contribution is 2.28. The molecule has 4 rings (SSSR count). The van der Waals surface area contributed by atoms with Crippen molar-refractivity contribution >= 4 is 45.7 Å². The molecule has 0 N–H and O–H groups in total. The Labute approximate surface area is 208 Å². The second-order valence-corrected chi connectivity index (χ2v) is 8.18. The van der Waals surface area contributed by atoms with Crippen LogP contribution in [0, 0.1) is 13.8 Å². The van der Waals surface area contributed by atoms with Crippen molar-refractivity contribution in [3.05, 3.63) is 58.3 Å². The minimum absolute atomic E-state index is 0.0331. The summed E-state index contributed by atoms with van der Waals surface area (Å²) in [6.45, 7) is 7.01. The highest BCUT2D eigenvalue weighted by molar-refractivity contribution is 14.1. The number of hydrogen-bond acceptors (Lipinski definition) is 4. The van der Waals surface area contributed by atoms with Crippen molar-refractivity contribution in [1.82, 2.24) is 19.3 Å². The van der Waals surface area contributed by atoms with E-state index in [1.54, 1.807) is 0 Å². The number of nitrogens with zero attached hydrogens (tertiary/aromatic N) is 4. The molecule has 1 fully saturated rings. The van der Waals surface area contributed by atoms with E-state index in [0.29, 0.717) is 36.2 Å². The van der Waals surface area contributed by atoms with E-state index in [1.807, 2.05) is 65.5 Å². The highest BCUT2D eigenvalue weighted by Gasteiger charge is 2.31. The molecule has 1 atom stereocenters. The molecule has 0 aromatic carbocycles. The Hall–Kier alpha value is -1.87. The number of pyridine rings is 2. The van der Waals surface area contributed by atoms with Crippen molar-refractivity contribution in [1.29, 1.82) is 0 Å². The summed E-state index contributed by atoms with van der Waals surface area (Å²) in [5.74, 6) is 0.460. The van der Waals surface area contributed by atoms with E-state index in [-0.39, 0.29) is 11.9 Å². The number of fused-ring (bicyclic) bond motifs is 1. The molecule has 1 aliphatic rings. The Morgan fingerprint density at radius 1 is 1.22 bits per heavy atom. The fraction of sp³-hybridized carbons (Fsp3) is 0.458. The molecule has 0 spiro atoms. The van der Waals surface area contributed by atoms with Crippen LogP contribution in [0.15, 0.2) is 30.5 Å². The summed E-state index contributed by atoms with van der Waals surface area (Å²) in [7, 11) is 0. The van der Waals surface area contributed by atoms with Crippen molar-refractivity contribution in [2.45, 2.75) is 52.5 Å². The monoisotopic (exact) mass is 568 g/mol. The van der Waals surface area contributed by atoms with Gasteiger partial charge in [0.1, 0.15) is 10.8 Å². The Morgan fingerprint density at radius 2 is 2.00 bits per heavy atom. The molecule has 1 saturated heterocycles. The summed E-state index contributed by atoms with van der Waals surface area (Å²) in [4.78, 5) is 26.7. The second kappa shape index (κ2) is 11.3. The minimum atomic E-state index is -0.0806. The van der Waals surface area contributed by atoms with Gasteiger partial charge in [-0.1, -0.05) is 40.3 Å². The van der Waals surface area contributed by atoms with Crippen LogP contribution in [0.4, 0.5) is 0 Å². The van der Waals surface area contributed by atoms with Gasteiger partial charge in [0, 0.05) is 30.9 Å². The molecule has 172 valence electrons. The molecule has 4 heterocycles. The van der Waals surface area contributed by atoms with E-state index in [1.165, 1.54) is 0 Å². The Bertz CT molecular complexity index is 1090. The van der Waals surface area contributed by atoms with E-state index in [9.17, 15) is 4.79 Å². The van der Waals surface area contributed by atoms with Gasteiger partial charge >= 0.3 is 0 Å². The number of halogens is 2. The quantitative estimate of drug-likeness (QED) is 0.293. The lowest BCUT2D eigenvalue weighted by Gasteiger charge is -2.35. The predicted octanol–water partition coefficient (Wildman–Crippen LogP) is 5.69. The summed E-state index contributed by atoms with van der Waals surface area (Å²) in [6, 6.07) is 7.73. The SMILES string of the molecule is CCOc1ccc(C)nc1C(=O)N1CCCC[C@H]1Cc1nc2c(C)cccn2c1Cl.CI.